The van der Waals surface area contributed by atoms with Crippen LogP contribution in [0, 0.1) is 0 Å². The molecule has 0 aliphatic heterocycles. The van der Waals surface area contributed by atoms with Crippen molar-refractivity contribution in [1.29, 1.82) is 0 Å². The average Bonchev–Trinajstić information content (AvgIpc) is 2.17. The molecule has 0 saturated heterocycles. The van der Waals surface area contributed by atoms with Crippen LogP contribution in [0.1, 0.15) is 0 Å². The maximum Gasteiger partial charge on any atom is 0.251 e. The zero-order valence-corrected chi connectivity index (χ0v) is 15.1. The van der Waals surface area contributed by atoms with Crippen molar-refractivity contribution in [1.82, 2.24) is 0 Å². The molecule has 0 amide bonds. The van der Waals surface area contributed by atoms with E-state index in [0.717, 1.165) is 13.6 Å². The standard InChI is InChI=1S/C9H5Br5O/c10-7(8(11)12)9(13,14)15-6-4-2-1-3-5-6/h1-5H. The van der Waals surface area contributed by atoms with Gasteiger partial charge in [0.1, 0.15) is 5.75 Å². The maximum absolute atomic E-state index is 5.69. The van der Waals surface area contributed by atoms with Gasteiger partial charge in [-0.1, -0.05) is 18.2 Å². The molecule has 0 radical (unpaired) electrons. The molecule has 1 aromatic rings. The molecular formula is C9H5Br5O. The van der Waals surface area contributed by atoms with Gasteiger partial charge in [0.2, 0.25) is 0 Å². The van der Waals surface area contributed by atoms with E-state index in [0.29, 0.717) is 0 Å². The van der Waals surface area contributed by atoms with Gasteiger partial charge in [0.05, 0.1) is 7.87 Å². The molecule has 1 nitrogen and oxygen atoms in total. The molecule has 0 heterocycles. The first-order valence-corrected chi connectivity index (χ1v) is 7.73. The molecular weight excluding hydrogens is 524 g/mol. The summed E-state index contributed by atoms with van der Waals surface area (Å²) in [4.78, 5) is 0. The van der Waals surface area contributed by atoms with Crippen LogP contribution in [0.25, 0.3) is 0 Å². The zero-order valence-electron chi connectivity index (χ0n) is 7.18. The number of hydrogen-bond donors (Lipinski definition) is 0. The largest absolute Gasteiger partial charge is 0.461 e. The van der Waals surface area contributed by atoms with Crippen LogP contribution in [-0.2, 0) is 0 Å². The van der Waals surface area contributed by atoms with Gasteiger partial charge in [-0.05, 0) is 91.8 Å². The summed E-state index contributed by atoms with van der Waals surface area (Å²) in [6.45, 7) is 0. The van der Waals surface area contributed by atoms with Gasteiger partial charge in [0, 0.05) is 0 Å². The maximum atomic E-state index is 5.69. The fourth-order valence-corrected chi connectivity index (χ4v) is 3.27. The van der Waals surface area contributed by atoms with E-state index in [1.54, 1.807) is 0 Å². The number of ether oxygens (including phenoxy) is 1. The Morgan fingerprint density at radius 3 is 2.00 bits per heavy atom. The third kappa shape index (κ3) is 4.50. The highest BCUT2D eigenvalue weighted by Gasteiger charge is 2.30. The van der Waals surface area contributed by atoms with Gasteiger partial charge in [-0.2, -0.15) is 0 Å². The molecule has 0 aliphatic carbocycles. The lowest BCUT2D eigenvalue weighted by Gasteiger charge is -2.22. The highest BCUT2D eigenvalue weighted by atomic mass is 79.9. The van der Waals surface area contributed by atoms with Gasteiger partial charge >= 0.3 is 0 Å². The van der Waals surface area contributed by atoms with Crippen molar-refractivity contribution in [3.63, 3.8) is 0 Å². The van der Waals surface area contributed by atoms with Gasteiger partial charge in [-0.25, -0.2) is 0 Å². The van der Waals surface area contributed by atoms with E-state index in [2.05, 4.69) is 79.6 Å². The Bertz CT molecular complexity index is 356. The number of halogens is 5. The lowest BCUT2D eigenvalue weighted by Crippen LogP contribution is -2.20. The van der Waals surface area contributed by atoms with Crippen molar-refractivity contribution in [2.45, 2.75) is 3.42 Å². The smallest absolute Gasteiger partial charge is 0.251 e. The number of hydrogen-bond acceptors (Lipinski definition) is 1. The van der Waals surface area contributed by atoms with Crippen molar-refractivity contribution in [3.05, 3.63) is 38.2 Å². The Morgan fingerprint density at radius 2 is 1.53 bits per heavy atom. The van der Waals surface area contributed by atoms with Crippen LogP contribution in [0.2, 0.25) is 0 Å². The first-order valence-electron chi connectivity index (χ1n) is 3.76. The minimum absolute atomic E-state index is 0.754. The Morgan fingerprint density at radius 1 is 1.00 bits per heavy atom. The lowest BCUT2D eigenvalue weighted by atomic mass is 10.3. The quantitative estimate of drug-likeness (QED) is 0.447. The summed E-state index contributed by atoms with van der Waals surface area (Å²) in [5.41, 5.74) is 0. The summed E-state index contributed by atoms with van der Waals surface area (Å²) in [6.07, 6.45) is 0. The van der Waals surface area contributed by atoms with E-state index < -0.39 is 3.42 Å². The van der Waals surface area contributed by atoms with Gasteiger partial charge in [0.25, 0.3) is 3.42 Å². The molecule has 82 valence electrons. The van der Waals surface area contributed by atoms with Gasteiger partial charge < -0.3 is 4.74 Å². The van der Waals surface area contributed by atoms with E-state index in [-0.39, 0.29) is 0 Å². The Balaban J connectivity index is 2.87. The van der Waals surface area contributed by atoms with Crippen LogP contribution >= 0.6 is 79.6 Å². The Kier molecular flexibility index (Phi) is 5.87. The lowest BCUT2D eigenvalue weighted by molar-refractivity contribution is 0.313. The number of benzene rings is 1. The highest BCUT2D eigenvalue weighted by Crippen LogP contribution is 2.44. The molecule has 0 aromatic heterocycles. The fourth-order valence-electron chi connectivity index (χ4n) is 0.791. The van der Waals surface area contributed by atoms with E-state index in [4.69, 9.17) is 4.74 Å². The molecule has 6 heteroatoms. The molecule has 0 saturated carbocycles. The van der Waals surface area contributed by atoms with Crippen molar-refractivity contribution in [2.75, 3.05) is 0 Å². The molecule has 0 bridgehead atoms. The summed E-state index contributed by atoms with van der Waals surface area (Å²) < 4.78 is 6.43. The van der Waals surface area contributed by atoms with E-state index in [9.17, 15) is 0 Å². The van der Waals surface area contributed by atoms with Crippen LogP contribution in [0.4, 0.5) is 0 Å². The Labute approximate surface area is 130 Å². The van der Waals surface area contributed by atoms with Crippen molar-refractivity contribution >= 4 is 79.6 Å². The summed E-state index contributed by atoms with van der Waals surface area (Å²) in [5.74, 6) is 0.754. The minimum atomic E-state index is -0.788. The summed E-state index contributed by atoms with van der Waals surface area (Å²) in [7, 11) is 0. The van der Waals surface area contributed by atoms with E-state index in [1.165, 1.54) is 0 Å². The third-order valence-electron chi connectivity index (χ3n) is 1.41. The molecule has 0 aliphatic rings. The topological polar surface area (TPSA) is 9.23 Å². The van der Waals surface area contributed by atoms with Crippen LogP contribution in [0.5, 0.6) is 5.75 Å². The van der Waals surface area contributed by atoms with Crippen molar-refractivity contribution in [3.8, 4) is 5.75 Å². The van der Waals surface area contributed by atoms with Crippen LogP contribution < -0.4 is 4.74 Å². The average molecular weight is 529 g/mol. The predicted molar refractivity (Wildman–Crippen MR) is 81.5 cm³/mol. The molecule has 0 N–H and O–H groups in total. The highest BCUT2D eigenvalue weighted by molar-refractivity contribution is 9.29. The molecule has 0 fully saturated rings. The van der Waals surface area contributed by atoms with Crippen LogP contribution in [-0.4, -0.2) is 3.42 Å². The summed E-state index contributed by atoms with van der Waals surface area (Å²) in [5, 5.41) is 0. The second-order valence-electron chi connectivity index (χ2n) is 2.51. The summed E-state index contributed by atoms with van der Waals surface area (Å²) >= 11 is 16.8. The van der Waals surface area contributed by atoms with Crippen molar-refractivity contribution < 1.29 is 4.74 Å². The monoisotopic (exact) mass is 524 g/mol. The first kappa shape index (κ1) is 14.2. The first-order chi connectivity index (χ1) is 6.93. The molecule has 0 spiro atoms. The fraction of sp³-hybridized carbons (Fsp3) is 0.111. The number of rotatable bonds is 3. The molecule has 0 atom stereocenters. The molecule has 1 aromatic carbocycles. The molecule has 1 rings (SSSR count). The van der Waals surface area contributed by atoms with Gasteiger partial charge in [-0.15, -0.1) is 0 Å². The molecule has 0 unspecified atom stereocenters. The Hall–Kier alpha value is 1.16. The van der Waals surface area contributed by atoms with Gasteiger partial charge in [0.15, 0.2) is 0 Å². The van der Waals surface area contributed by atoms with E-state index >= 15 is 0 Å². The zero-order chi connectivity index (χ0) is 11.5. The van der Waals surface area contributed by atoms with Crippen molar-refractivity contribution in [2.24, 2.45) is 0 Å². The summed E-state index contributed by atoms with van der Waals surface area (Å²) in [6, 6.07) is 9.50. The normalized spacial score (nSPS) is 11.0. The number of para-hydroxylation sites is 1. The van der Waals surface area contributed by atoms with E-state index in [1.807, 2.05) is 30.3 Å². The third-order valence-corrected chi connectivity index (χ3v) is 6.40. The SMILES string of the molecule is BrC(Br)=C(Br)C(Br)(Br)Oc1ccccc1. The van der Waals surface area contributed by atoms with Crippen LogP contribution in [0.3, 0.4) is 0 Å². The second-order valence-corrected chi connectivity index (χ2v) is 9.25. The van der Waals surface area contributed by atoms with Crippen LogP contribution in [0.15, 0.2) is 38.2 Å². The predicted octanol–water partition coefficient (Wildman–Crippen LogP) is 5.86. The second kappa shape index (κ2) is 6.19. The number of alkyl halides is 2. The minimum Gasteiger partial charge on any atom is -0.461 e. The van der Waals surface area contributed by atoms with Gasteiger partial charge in [-0.3, -0.25) is 0 Å². The molecule has 15 heavy (non-hydrogen) atoms.